The number of hydrogen-bond donors (Lipinski definition) is 1. The molecule has 0 atom stereocenters. The molecule has 2 aromatic heterocycles. The smallest absolute Gasteiger partial charge is 0.314 e. The summed E-state index contributed by atoms with van der Waals surface area (Å²) in [5, 5.41) is 17.3. The molecule has 4 rings (SSSR count). The van der Waals surface area contributed by atoms with E-state index in [4.69, 9.17) is 4.42 Å². The van der Waals surface area contributed by atoms with Crippen LogP contribution in [0.3, 0.4) is 0 Å². The van der Waals surface area contributed by atoms with Crippen LogP contribution in [0.25, 0.3) is 22.7 Å². The van der Waals surface area contributed by atoms with Crippen molar-refractivity contribution in [3.05, 3.63) is 65.9 Å². The Balaban J connectivity index is 1.52. The van der Waals surface area contributed by atoms with Crippen molar-refractivity contribution in [3.63, 3.8) is 0 Å². The van der Waals surface area contributed by atoms with Gasteiger partial charge in [-0.2, -0.15) is 8.78 Å². The molecular formula is C19H13F3N6O2. The molecule has 0 aliphatic rings. The quantitative estimate of drug-likeness (QED) is 0.463. The molecule has 4 aromatic rings. The van der Waals surface area contributed by atoms with Crippen molar-refractivity contribution in [1.29, 1.82) is 0 Å². The average Bonchev–Trinajstić information content (AvgIpc) is 3.40. The van der Waals surface area contributed by atoms with E-state index >= 15 is 0 Å². The predicted octanol–water partition coefficient (Wildman–Crippen LogP) is 3.69. The largest absolute Gasteiger partial charge is 0.415 e. The minimum atomic E-state index is -2.90. The highest BCUT2D eigenvalue weighted by molar-refractivity contribution is 5.74. The first-order chi connectivity index (χ1) is 14.5. The fraction of sp³-hybridized carbons (Fsp3) is 0.105. The van der Waals surface area contributed by atoms with E-state index in [1.165, 1.54) is 16.8 Å². The monoisotopic (exact) mass is 414 g/mol. The summed E-state index contributed by atoms with van der Waals surface area (Å²) in [5.74, 6) is -1.60. The van der Waals surface area contributed by atoms with E-state index in [0.29, 0.717) is 23.4 Å². The lowest BCUT2D eigenvalue weighted by molar-refractivity contribution is -0.105. The van der Waals surface area contributed by atoms with Crippen LogP contribution < -0.4 is 5.32 Å². The molecule has 1 amide bonds. The van der Waals surface area contributed by atoms with Crippen LogP contribution >= 0.6 is 0 Å². The van der Waals surface area contributed by atoms with E-state index in [9.17, 15) is 18.0 Å². The van der Waals surface area contributed by atoms with Crippen molar-refractivity contribution in [2.45, 2.75) is 13.0 Å². The van der Waals surface area contributed by atoms with Crippen molar-refractivity contribution >= 4 is 12.1 Å². The van der Waals surface area contributed by atoms with Gasteiger partial charge < -0.3 is 9.73 Å². The number of alkyl halides is 2. The number of carbonyl (C=O) groups is 1. The standard InChI is InChI=1S/C19H13F3N6O2/c20-15-7-12(18-25-26-19(30-18)17(21)22)4-5-13(15)8-28-9-16(24-27-28)11-2-1-3-14(6-11)23-10-29/h1-7,9-10,17H,8H2,(H,23,29). The average molecular weight is 414 g/mol. The van der Waals surface area contributed by atoms with Gasteiger partial charge in [0.2, 0.25) is 12.3 Å². The maximum Gasteiger partial charge on any atom is 0.314 e. The number of rotatable bonds is 7. The summed E-state index contributed by atoms with van der Waals surface area (Å²) >= 11 is 0. The summed E-state index contributed by atoms with van der Waals surface area (Å²) < 4.78 is 45.9. The Morgan fingerprint density at radius 1 is 1.10 bits per heavy atom. The summed E-state index contributed by atoms with van der Waals surface area (Å²) in [6, 6.07) is 11.1. The molecule has 0 fully saturated rings. The fourth-order valence-electron chi connectivity index (χ4n) is 2.77. The Bertz CT molecular complexity index is 1190. The lowest BCUT2D eigenvalue weighted by Crippen LogP contribution is -2.03. The molecule has 0 saturated heterocycles. The third-order valence-corrected chi connectivity index (χ3v) is 4.18. The third kappa shape index (κ3) is 4.04. The molecule has 0 radical (unpaired) electrons. The molecule has 0 aliphatic heterocycles. The number of carbonyl (C=O) groups excluding carboxylic acids is 1. The lowest BCUT2D eigenvalue weighted by atomic mass is 10.1. The molecule has 0 unspecified atom stereocenters. The number of aromatic nitrogens is 5. The maximum absolute atomic E-state index is 14.5. The lowest BCUT2D eigenvalue weighted by Gasteiger charge is -2.04. The molecule has 0 bridgehead atoms. The Morgan fingerprint density at radius 2 is 1.97 bits per heavy atom. The number of anilines is 1. The van der Waals surface area contributed by atoms with Crippen LogP contribution in [0.1, 0.15) is 17.9 Å². The van der Waals surface area contributed by atoms with Gasteiger partial charge in [0.05, 0.1) is 12.7 Å². The second kappa shape index (κ2) is 8.15. The highest BCUT2D eigenvalue weighted by atomic mass is 19.3. The minimum Gasteiger partial charge on any atom is -0.415 e. The maximum atomic E-state index is 14.5. The molecule has 1 N–H and O–H groups in total. The van der Waals surface area contributed by atoms with E-state index in [0.717, 1.165) is 11.6 Å². The number of nitrogens with zero attached hydrogens (tertiary/aromatic N) is 5. The zero-order valence-electron chi connectivity index (χ0n) is 15.2. The molecule has 0 spiro atoms. The number of halogens is 3. The molecule has 0 aliphatic carbocycles. The van der Waals surface area contributed by atoms with Gasteiger partial charge in [0.15, 0.2) is 0 Å². The second-order valence-corrected chi connectivity index (χ2v) is 6.20. The third-order valence-electron chi connectivity index (χ3n) is 4.18. The van der Waals surface area contributed by atoms with Gasteiger partial charge in [-0.05, 0) is 24.3 Å². The molecule has 8 nitrogen and oxygen atoms in total. The molecule has 2 aromatic carbocycles. The second-order valence-electron chi connectivity index (χ2n) is 6.20. The van der Waals surface area contributed by atoms with Crippen molar-refractivity contribution in [1.82, 2.24) is 25.2 Å². The van der Waals surface area contributed by atoms with Gasteiger partial charge in [0, 0.05) is 22.4 Å². The normalized spacial score (nSPS) is 11.1. The van der Waals surface area contributed by atoms with Crippen LogP contribution in [0.4, 0.5) is 18.9 Å². The van der Waals surface area contributed by atoms with Crippen LogP contribution in [0.2, 0.25) is 0 Å². The first-order valence-corrected chi connectivity index (χ1v) is 8.64. The van der Waals surface area contributed by atoms with E-state index in [2.05, 4.69) is 25.8 Å². The van der Waals surface area contributed by atoms with Gasteiger partial charge in [-0.1, -0.05) is 23.4 Å². The Labute approximate surface area is 167 Å². The van der Waals surface area contributed by atoms with E-state index in [1.54, 1.807) is 30.5 Å². The van der Waals surface area contributed by atoms with E-state index in [-0.39, 0.29) is 18.0 Å². The Kier molecular flexibility index (Phi) is 5.24. The van der Waals surface area contributed by atoms with Gasteiger partial charge in [0.25, 0.3) is 5.89 Å². The van der Waals surface area contributed by atoms with Gasteiger partial charge in [0.1, 0.15) is 11.5 Å². The van der Waals surface area contributed by atoms with Gasteiger partial charge >= 0.3 is 6.43 Å². The molecule has 0 saturated carbocycles. The highest BCUT2D eigenvalue weighted by Crippen LogP contribution is 2.25. The molecule has 11 heteroatoms. The highest BCUT2D eigenvalue weighted by Gasteiger charge is 2.18. The summed E-state index contributed by atoms with van der Waals surface area (Å²) in [4.78, 5) is 10.6. The van der Waals surface area contributed by atoms with Crippen LogP contribution in [0, 0.1) is 5.82 Å². The van der Waals surface area contributed by atoms with Crippen molar-refractivity contribution in [2.75, 3.05) is 5.32 Å². The molecule has 152 valence electrons. The van der Waals surface area contributed by atoms with E-state index in [1.807, 2.05) is 0 Å². The number of hydrogen-bond acceptors (Lipinski definition) is 6. The zero-order chi connectivity index (χ0) is 21.1. The van der Waals surface area contributed by atoms with Crippen molar-refractivity contribution in [2.24, 2.45) is 0 Å². The number of benzene rings is 2. The summed E-state index contributed by atoms with van der Waals surface area (Å²) in [5.41, 5.74) is 2.38. The SMILES string of the molecule is O=CNc1cccc(-c2cn(Cc3ccc(-c4nnc(C(F)F)o4)cc3F)nn2)c1. The number of nitrogens with one attached hydrogen (secondary N) is 1. The summed E-state index contributed by atoms with van der Waals surface area (Å²) in [6.07, 6.45) is -0.683. The molecule has 30 heavy (non-hydrogen) atoms. The molecule has 2 heterocycles. The summed E-state index contributed by atoms with van der Waals surface area (Å²) in [7, 11) is 0. The topological polar surface area (TPSA) is 98.7 Å². The van der Waals surface area contributed by atoms with Crippen molar-refractivity contribution in [3.8, 4) is 22.7 Å². The Hall–Kier alpha value is -4.02. The Morgan fingerprint density at radius 3 is 2.70 bits per heavy atom. The minimum absolute atomic E-state index is 0.0948. The first kappa shape index (κ1) is 19.3. The zero-order valence-corrected chi connectivity index (χ0v) is 15.2. The van der Waals surface area contributed by atoms with Gasteiger partial charge in [-0.15, -0.1) is 15.3 Å². The van der Waals surface area contributed by atoms with Gasteiger partial charge in [-0.3, -0.25) is 4.79 Å². The van der Waals surface area contributed by atoms with Crippen LogP contribution in [-0.2, 0) is 11.3 Å². The van der Waals surface area contributed by atoms with Crippen LogP contribution in [0.5, 0.6) is 0 Å². The molecular weight excluding hydrogens is 401 g/mol. The fourth-order valence-corrected chi connectivity index (χ4v) is 2.77. The first-order valence-electron chi connectivity index (χ1n) is 8.64. The van der Waals surface area contributed by atoms with Crippen molar-refractivity contribution < 1.29 is 22.4 Å². The van der Waals surface area contributed by atoms with Crippen LogP contribution in [-0.4, -0.2) is 31.6 Å². The van der Waals surface area contributed by atoms with E-state index < -0.39 is 18.1 Å². The summed E-state index contributed by atoms with van der Waals surface area (Å²) in [6.45, 7) is 0.0948. The van der Waals surface area contributed by atoms with Crippen LogP contribution in [0.15, 0.2) is 53.1 Å². The number of amides is 1. The van der Waals surface area contributed by atoms with Gasteiger partial charge in [-0.25, -0.2) is 9.07 Å². The predicted molar refractivity (Wildman–Crippen MR) is 98.9 cm³/mol.